The third-order valence-corrected chi connectivity index (χ3v) is 3.63. The van der Waals surface area contributed by atoms with Crippen molar-refractivity contribution in [3.63, 3.8) is 0 Å². The maximum absolute atomic E-state index is 11.4. The summed E-state index contributed by atoms with van der Waals surface area (Å²) < 4.78 is 1.06. The van der Waals surface area contributed by atoms with Crippen molar-refractivity contribution in [1.82, 2.24) is 0 Å². The van der Waals surface area contributed by atoms with E-state index in [1.54, 1.807) is 12.1 Å². The quantitative estimate of drug-likeness (QED) is 0.465. The van der Waals surface area contributed by atoms with Gasteiger partial charge >= 0.3 is 0 Å². The van der Waals surface area contributed by atoms with Crippen LogP contribution in [0.4, 0.5) is 17.1 Å². The Bertz CT molecular complexity index is 643. The second-order valence-electron chi connectivity index (χ2n) is 4.11. The molecule has 0 aliphatic carbocycles. The lowest BCUT2D eigenvalue weighted by atomic mass is 10.1. The van der Waals surface area contributed by atoms with Crippen molar-refractivity contribution in [2.24, 2.45) is 0 Å². The average molecular weight is 387 g/mol. The van der Waals surface area contributed by atoms with Crippen LogP contribution in [0, 0.1) is 3.57 Å². The molecular formula is C14H12ClIN2O. The molecule has 19 heavy (non-hydrogen) atoms. The number of halogens is 2. The highest BCUT2D eigenvalue weighted by molar-refractivity contribution is 14.1. The van der Waals surface area contributed by atoms with Gasteiger partial charge in [0.25, 0.3) is 0 Å². The van der Waals surface area contributed by atoms with Gasteiger partial charge in [-0.1, -0.05) is 11.6 Å². The Labute approximate surface area is 130 Å². The largest absolute Gasteiger partial charge is 0.398 e. The molecule has 0 aliphatic rings. The molecule has 0 amide bonds. The first-order valence-corrected chi connectivity index (χ1v) is 7.05. The molecule has 5 heteroatoms. The molecular weight excluding hydrogens is 375 g/mol. The van der Waals surface area contributed by atoms with Crippen molar-refractivity contribution < 1.29 is 4.79 Å². The van der Waals surface area contributed by atoms with Crippen LogP contribution in [0.1, 0.15) is 17.3 Å². The van der Waals surface area contributed by atoms with Crippen LogP contribution < -0.4 is 11.1 Å². The number of carbonyl (C=O) groups excluding carboxylic acids is 1. The minimum Gasteiger partial charge on any atom is -0.398 e. The summed E-state index contributed by atoms with van der Waals surface area (Å²) >= 11 is 8.35. The van der Waals surface area contributed by atoms with E-state index >= 15 is 0 Å². The van der Waals surface area contributed by atoms with Gasteiger partial charge in [-0.05, 0) is 65.9 Å². The van der Waals surface area contributed by atoms with Crippen molar-refractivity contribution in [3.05, 3.63) is 50.6 Å². The standard InChI is InChI=1S/C14H12ClIN2O/c1-8(19)11-7-10(3-4-13(11)17)18-14-5-2-9(16)6-12(14)15/h2-7,18H,17H2,1H3. The normalized spacial score (nSPS) is 10.3. The number of benzene rings is 2. The fraction of sp³-hybridized carbons (Fsp3) is 0.0714. The Morgan fingerprint density at radius 2 is 2.00 bits per heavy atom. The van der Waals surface area contributed by atoms with Gasteiger partial charge in [0.2, 0.25) is 0 Å². The Morgan fingerprint density at radius 1 is 1.26 bits per heavy atom. The Kier molecular flexibility index (Phi) is 4.31. The summed E-state index contributed by atoms with van der Waals surface area (Å²) in [6.45, 7) is 1.49. The second kappa shape index (κ2) is 5.79. The summed E-state index contributed by atoms with van der Waals surface area (Å²) in [5, 5.41) is 3.81. The lowest BCUT2D eigenvalue weighted by Crippen LogP contribution is -2.01. The highest BCUT2D eigenvalue weighted by atomic mass is 127. The molecule has 0 heterocycles. The van der Waals surface area contributed by atoms with E-state index in [0.717, 1.165) is 14.9 Å². The zero-order valence-electron chi connectivity index (χ0n) is 10.2. The zero-order chi connectivity index (χ0) is 14.0. The topological polar surface area (TPSA) is 55.1 Å². The lowest BCUT2D eigenvalue weighted by molar-refractivity contribution is 0.101. The first kappa shape index (κ1) is 14.1. The number of hydrogen-bond donors (Lipinski definition) is 2. The molecule has 0 saturated heterocycles. The van der Waals surface area contributed by atoms with Crippen LogP contribution in [0.25, 0.3) is 0 Å². The maximum Gasteiger partial charge on any atom is 0.161 e. The van der Waals surface area contributed by atoms with E-state index < -0.39 is 0 Å². The van der Waals surface area contributed by atoms with Crippen LogP contribution in [0.3, 0.4) is 0 Å². The minimum atomic E-state index is -0.0603. The molecule has 2 aromatic rings. The number of hydrogen-bond acceptors (Lipinski definition) is 3. The number of rotatable bonds is 3. The van der Waals surface area contributed by atoms with Crippen LogP contribution in [-0.2, 0) is 0 Å². The number of carbonyl (C=O) groups is 1. The van der Waals surface area contributed by atoms with Crippen LogP contribution in [0.2, 0.25) is 5.02 Å². The monoisotopic (exact) mass is 386 g/mol. The van der Waals surface area contributed by atoms with Gasteiger partial charge in [-0.15, -0.1) is 0 Å². The van der Waals surface area contributed by atoms with Gasteiger partial charge in [0.1, 0.15) is 0 Å². The summed E-state index contributed by atoms with van der Waals surface area (Å²) in [7, 11) is 0. The summed E-state index contributed by atoms with van der Waals surface area (Å²) in [6, 6.07) is 11.0. The third kappa shape index (κ3) is 3.39. The van der Waals surface area contributed by atoms with E-state index in [4.69, 9.17) is 17.3 Å². The zero-order valence-corrected chi connectivity index (χ0v) is 13.1. The predicted octanol–water partition coefficient (Wildman–Crippen LogP) is 4.47. The molecule has 3 nitrogen and oxygen atoms in total. The smallest absolute Gasteiger partial charge is 0.161 e. The minimum absolute atomic E-state index is 0.0603. The number of Topliss-reactive ketones (excluding diaryl/α,β-unsaturated/α-hetero) is 1. The van der Waals surface area contributed by atoms with E-state index in [2.05, 4.69) is 27.9 Å². The molecule has 0 bridgehead atoms. The van der Waals surface area contributed by atoms with Crippen LogP contribution in [0.5, 0.6) is 0 Å². The molecule has 0 radical (unpaired) electrons. The Hall–Kier alpha value is -1.27. The van der Waals surface area contributed by atoms with E-state index in [0.29, 0.717) is 16.3 Å². The average Bonchev–Trinajstić information content (AvgIpc) is 2.34. The molecule has 0 aliphatic heterocycles. The molecule has 3 N–H and O–H groups in total. The van der Waals surface area contributed by atoms with Gasteiger partial charge < -0.3 is 11.1 Å². The number of ketones is 1. The summed E-state index contributed by atoms with van der Waals surface area (Å²) in [5.74, 6) is -0.0603. The first-order valence-electron chi connectivity index (χ1n) is 5.60. The van der Waals surface area contributed by atoms with Crippen molar-refractivity contribution in [2.45, 2.75) is 6.92 Å². The molecule has 0 saturated carbocycles. The second-order valence-corrected chi connectivity index (χ2v) is 5.76. The number of nitrogens with one attached hydrogen (secondary N) is 1. The van der Waals surface area contributed by atoms with Crippen molar-refractivity contribution in [3.8, 4) is 0 Å². The van der Waals surface area contributed by atoms with Gasteiger partial charge in [0, 0.05) is 20.5 Å². The van der Waals surface area contributed by atoms with Crippen LogP contribution >= 0.6 is 34.2 Å². The highest BCUT2D eigenvalue weighted by Gasteiger charge is 2.07. The van der Waals surface area contributed by atoms with Gasteiger partial charge in [-0.3, -0.25) is 4.79 Å². The third-order valence-electron chi connectivity index (χ3n) is 2.64. The van der Waals surface area contributed by atoms with Crippen LogP contribution in [-0.4, -0.2) is 5.78 Å². The van der Waals surface area contributed by atoms with Gasteiger partial charge in [-0.25, -0.2) is 0 Å². The van der Waals surface area contributed by atoms with Gasteiger partial charge in [0.15, 0.2) is 5.78 Å². The number of nitrogens with two attached hydrogens (primary N) is 1. The molecule has 0 spiro atoms. The van der Waals surface area contributed by atoms with E-state index in [1.165, 1.54) is 6.92 Å². The number of nitrogen functional groups attached to an aromatic ring is 1. The van der Waals surface area contributed by atoms with Gasteiger partial charge in [-0.2, -0.15) is 0 Å². The first-order chi connectivity index (χ1) is 8.97. The predicted molar refractivity (Wildman–Crippen MR) is 88.3 cm³/mol. The van der Waals surface area contributed by atoms with Gasteiger partial charge in [0.05, 0.1) is 10.7 Å². The molecule has 2 aromatic carbocycles. The summed E-state index contributed by atoms with van der Waals surface area (Å²) in [6.07, 6.45) is 0. The van der Waals surface area contributed by atoms with Crippen LogP contribution in [0.15, 0.2) is 36.4 Å². The van der Waals surface area contributed by atoms with E-state index in [-0.39, 0.29) is 5.78 Å². The van der Waals surface area contributed by atoms with Crippen molar-refractivity contribution >= 4 is 57.0 Å². The number of anilines is 3. The van der Waals surface area contributed by atoms with Crippen molar-refractivity contribution in [1.29, 1.82) is 0 Å². The molecule has 2 rings (SSSR count). The Morgan fingerprint density at radius 3 is 2.63 bits per heavy atom. The molecule has 0 aromatic heterocycles. The molecule has 98 valence electrons. The highest BCUT2D eigenvalue weighted by Crippen LogP contribution is 2.28. The molecule has 0 unspecified atom stereocenters. The summed E-state index contributed by atoms with van der Waals surface area (Å²) in [5.41, 5.74) is 8.32. The Balaban J connectivity index is 2.33. The fourth-order valence-electron chi connectivity index (χ4n) is 1.69. The fourth-order valence-corrected chi connectivity index (χ4v) is 2.59. The molecule has 0 atom stereocenters. The van der Waals surface area contributed by atoms with E-state index in [1.807, 2.05) is 24.3 Å². The van der Waals surface area contributed by atoms with E-state index in [9.17, 15) is 4.79 Å². The SMILES string of the molecule is CC(=O)c1cc(Nc2ccc(I)cc2Cl)ccc1N. The lowest BCUT2D eigenvalue weighted by Gasteiger charge is -2.11. The summed E-state index contributed by atoms with van der Waals surface area (Å²) in [4.78, 5) is 11.4. The molecule has 0 fully saturated rings. The maximum atomic E-state index is 11.4. The van der Waals surface area contributed by atoms with Crippen molar-refractivity contribution in [2.75, 3.05) is 11.1 Å².